The highest BCUT2D eigenvalue weighted by Gasteiger charge is 2.76. The first-order valence-electron chi connectivity index (χ1n) is 7.45. The fourth-order valence-electron chi connectivity index (χ4n) is 3.80. The molecule has 2 rings (SSSR count). The molecule has 0 radical (unpaired) electrons. The normalized spacial score (nSPS) is 27.6. The molecule has 12 heteroatoms. The maximum Gasteiger partial charge on any atom is 0.438 e. The second-order valence-electron chi connectivity index (χ2n) is 6.66. The Balaban J connectivity index is 2.24. The van der Waals surface area contributed by atoms with Crippen molar-refractivity contribution in [2.24, 2.45) is 17.8 Å². The highest BCUT2D eigenvalue weighted by atomic mass is 32.2. The van der Waals surface area contributed by atoms with E-state index in [9.17, 15) is 39.6 Å². The van der Waals surface area contributed by atoms with Crippen molar-refractivity contribution in [3.8, 4) is 0 Å². The minimum absolute atomic E-state index is 0.0466. The molecule has 25 heavy (non-hydrogen) atoms. The van der Waals surface area contributed by atoms with E-state index in [0.717, 1.165) is 19.3 Å². The average molecular weight is 398 g/mol. The lowest BCUT2D eigenvalue weighted by molar-refractivity contribution is -0.361. The van der Waals surface area contributed by atoms with Crippen molar-refractivity contribution in [3.63, 3.8) is 0 Å². The molecule has 3 unspecified atom stereocenters. The number of halogens is 6. The molecule has 0 heterocycles. The van der Waals surface area contributed by atoms with Crippen LogP contribution in [0.2, 0.25) is 0 Å². The summed E-state index contributed by atoms with van der Waals surface area (Å²) in [5.74, 6) is -4.65. The minimum atomic E-state index is -6.27. The van der Waals surface area contributed by atoms with Gasteiger partial charge in [-0.05, 0) is 37.0 Å². The Kier molecular flexibility index (Phi) is 5.10. The Morgan fingerprint density at radius 2 is 1.60 bits per heavy atom. The molecule has 2 bridgehead atoms. The number of fused-ring (bicyclic) bond motifs is 2. The molecular formula is C13H16F6O5S. The van der Waals surface area contributed by atoms with Gasteiger partial charge < -0.3 is 4.74 Å². The summed E-state index contributed by atoms with van der Waals surface area (Å²) in [5, 5.41) is 0. The van der Waals surface area contributed by atoms with Crippen molar-refractivity contribution in [1.82, 2.24) is 0 Å². The first-order valence-corrected chi connectivity index (χ1v) is 9.06. The Morgan fingerprint density at radius 3 is 1.96 bits per heavy atom. The summed E-state index contributed by atoms with van der Waals surface area (Å²) >= 11 is 0. The van der Waals surface area contributed by atoms with Crippen LogP contribution in [0.15, 0.2) is 0 Å². The molecule has 0 aliphatic heterocycles. The van der Waals surface area contributed by atoms with E-state index in [1.807, 2.05) is 0 Å². The van der Waals surface area contributed by atoms with Gasteiger partial charge in [0.2, 0.25) is 0 Å². The maximum atomic E-state index is 13.1. The van der Waals surface area contributed by atoms with Gasteiger partial charge >= 0.3 is 23.9 Å². The highest BCUT2D eigenvalue weighted by Crippen LogP contribution is 2.51. The van der Waals surface area contributed by atoms with Gasteiger partial charge in [0, 0.05) is 6.42 Å². The third kappa shape index (κ3) is 4.21. The molecule has 3 atom stereocenters. The van der Waals surface area contributed by atoms with E-state index < -0.39 is 46.2 Å². The predicted molar refractivity (Wildman–Crippen MR) is 70.9 cm³/mol. The van der Waals surface area contributed by atoms with E-state index in [1.165, 1.54) is 0 Å². The summed E-state index contributed by atoms with van der Waals surface area (Å²) in [6.45, 7) is 0. The van der Waals surface area contributed by atoms with Gasteiger partial charge in [0.05, 0.1) is 0 Å². The first-order chi connectivity index (χ1) is 11.1. The summed E-state index contributed by atoms with van der Waals surface area (Å²) in [5.41, 5.74) is -5.30. The molecule has 0 aromatic rings. The Bertz CT molecular complexity index is 612. The van der Waals surface area contributed by atoms with Gasteiger partial charge in [-0.25, -0.2) is 0 Å². The van der Waals surface area contributed by atoms with Crippen LogP contribution in [-0.2, 0) is 19.6 Å². The van der Waals surface area contributed by atoms with Gasteiger partial charge in [0.25, 0.3) is 10.1 Å². The number of carbonyl (C=O) groups is 1. The molecule has 2 aliphatic rings. The number of hydrogen-bond donors (Lipinski definition) is 1. The van der Waals surface area contributed by atoms with Crippen molar-refractivity contribution in [1.29, 1.82) is 0 Å². The maximum absolute atomic E-state index is 13.1. The zero-order chi connectivity index (χ0) is 19.3. The van der Waals surface area contributed by atoms with E-state index in [4.69, 9.17) is 4.55 Å². The predicted octanol–water partition coefficient (Wildman–Crippen LogP) is 3.11. The molecule has 2 aliphatic carbocycles. The molecule has 0 spiro atoms. The lowest BCUT2D eigenvalue weighted by Crippen LogP contribution is -2.63. The van der Waals surface area contributed by atoms with Crippen LogP contribution in [0.25, 0.3) is 0 Å². The Hall–Kier alpha value is -1.04. The standard InChI is InChI=1S/C13H16F6O5S/c14-12(15,16)11(13(17,18)19,6-25(21,22)23)24-10(20)5-9-4-7-1-2-8(9)3-7/h7-9H,1-6H2,(H,21,22,23). The lowest BCUT2D eigenvalue weighted by Gasteiger charge is -2.36. The number of ether oxygens (including phenoxy) is 1. The largest absolute Gasteiger partial charge is 0.438 e. The topological polar surface area (TPSA) is 80.7 Å². The van der Waals surface area contributed by atoms with Crippen molar-refractivity contribution >= 4 is 16.1 Å². The van der Waals surface area contributed by atoms with Crippen molar-refractivity contribution in [3.05, 3.63) is 0 Å². The van der Waals surface area contributed by atoms with Crippen LogP contribution >= 0.6 is 0 Å². The molecule has 0 amide bonds. The molecule has 146 valence electrons. The first kappa shape index (κ1) is 20.3. The van der Waals surface area contributed by atoms with Crippen LogP contribution in [0.3, 0.4) is 0 Å². The number of hydrogen-bond acceptors (Lipinski definition) is 4. The number of esters is 1. The third-order valence-electron chi connectivity index (χ3n) is 4.90. The Morgan fingerprint density at radius 1 is 1.04 bits per heavy atom. The highest BCUT2D eigenvalue weighted by molar-refractivity contribution is 7.85. The van der Waals surface area contributed by atoms with Gasteiger partial charge in [-0.2, -0.15) is 34.8 Å². The summed E-state index contributed by atoms with van der Waals surface area (Å²) in [6.07, 6.45) is -10.3. The van der Waals surface area contributed by atoms with Crippen LogP contribution in [0.1, 0.15) is 32.1 Å². The van der Waals surface area contributed by atoms with E-state index in [-0.39, 0.29) is 11.8 Å². The van der Waals surface area contributed by atoms with E-state index in [0.29, 0.717) is 12.3 Å². The molecule has 0 saturated heterocycles. The van der Waals surface area contributed by atoms with Gasteiger partial charge in [0.1, 0.15) is 5.75 Å². The summed E-state index contributed by atoms with van der Waals surface area (Å²) in [6, 6.07) is 0. The number of alkyl halides is 6. The van der Waals surface area contributed by atoms with Crippen molar-refractivity contribution < 1.29 is 48.8 Å². The lowest BCUT2D eigenvalue weighted by atomic mass is 9.86. The molecule has 0 aromatic carbocycles. The summed E-state index contributed by atoms with van der Waals surface area (Å²) in [7, 11) is -5.75. The smallest absolute Gasteiger partial charge is 0.438 e. The van der Waals surface area contributed by atoms with E-state index in [1.54, 1.807) is 0 Å². The van der Waals surface area contributed by atoms with Crippen LogP contribution in [-0.4, -0.2) is 42.6 Å². The third-order valence-corrected chi connectivity index (χ3v) is 5.67. The number of carbonyl (C=O) groups excluding carboxylic acids is 1. The van der Waals surface area contributed by atoms with Crippen molar-refractivity contribution in [2.75, 3.05) is 5.75 Å². The fourth-order valence-corrected chi connectivity index (χ4v) is 4.70. The second kappa shape index (κ2) is 6.29. The zero-order valence-corrected chi connectivity index (χ0v) is 13.5. The summed E-state index contributed by atoms with van der Waals surface area (Å²) < 4.78 is 112. The SMILES string of the molecule is O=C(CC1CC2CCC1C2)OC(CS(=O)(=O)O)(C(F)(F)F)C(F)(F)F. The molecule has 2 saturated carbocycles. The quantitative estimate of drug-likeness (QED) is 0.437. The van der Waals surface area contributed by atoms with Crippen LogP contribution in [0, 0.1) is 17.8 Å². The van der Waals surface area contributed by atoms with Gasteiger partial charge in [0.15, 0.2) is 0 Å². The fraction of sp³-hybridized carbons (Fsp3) is 0.923. The summed E-state index contributed by atoms with van der Waals surface area (Å²) in [4.78, 5) is 11.8. The minimum Gasteiger partial charge on any atom is -0.438 e. The van der Waals surface area contributed by atoms with Crippen molar-refractivity contribution in [2.45, 2.75) is 50.1 Å². The Labute approximate surface area is 139 Å². The van der Waals surface area contributed by atoms with Crippen LogP contribution in [0.5, 0.6) is 0 Å². The molecule has 2 fully saturated rings. The molecule has 0 aromatic heterocycles. The monoisotopic (exact) mass is 398 g/mol. The van der Waals surface area contributed by atoms with Gasteiger partial charge in [-0.15, -0.1) is 0 Å². The molecule has 1 N–H and O–H groups in total. The van der Waals surface area contributed by atoms with E-state index >= 15 is 0 Å². The van der Waals surface area contributed by atoms with E-state index in [2.05, 4.69) is 4.74 Å². The molecule has 5 nitrogen and oxygen atoms in total. The zero-order valence-electron chi connectivity index (χ0n) is 12.7. The second-order valence-corrected chi connectivity index (χ2v) is 8.11. The van der Waals surface area contributed by atoms with Gasteiger partial charge in [-0.3, -0.25) is 9.35 Å². The van der Waals surface area contributed by atoms with Crippen LogP contribution < -0.4 is 0 Å². The number of rotatable bonds is 5. The molecular weight excluding hydrogens is 382 g/mol. The van der Waals surface area contributed by atoms with Gasteiger partial charge in [-0.1, -0.05) is 6.42 Å². The van der Waals surface area contributed by atoms with Crippen LogP contribution in [0.4, 0.5) is 26.3 Å². The average Bonchev–Trinajstić information content (AvgIpc) is 2.95.